The minimum absolute atomic E-state index is 0.0214. The van der Waals surface area contributed by atoms with Gasteiger partial charge in [0.1, 0.15) is 0 Å². The minimum Gasteiger partial charge on any atom is -0.478 e. The summed E-state index contributed by atoms with van der Waals surface area (Å²) < 4.78 is -0.0214. The summed E-state index contributed by atoms with van der Waals surface area (Å²) in [5.41, 5.74) is 2.19. The molecule has 2 N–H and O–H groups in total. The SMILES string of the molecule is CSC(C)(C)CNC(=O)c1ccc(C)c(/C=C/C(=O)O)c1. The molecule has 0 saturated heterocycles. The average Bonchev–Trinajstić information content (AvgIpc) is 2.44. The molecule has 114 valence electrons. The van der Waals surface area contributed by atoms with Gasteiger partial charge < -0.3 is 10.4 Å². The van der Waals surface area contributed by atoms with Crippen LogP contribution in [0.25, 0.3) is 6.08 Å². The highest BCUT2D eigenvalue weighted by Crippen LogP contribution is 2.20. The number of hydrogen-bond donors (Lipinski definition) is 2. The zero-order valence-electron chi connectivity index (χ0n) is 12.8. The van der Waals surface area contributed by atoms with E-state index in [-0.39, 0.29) is 10.7 Å². The van der Waals surface area contributed by atoms with Gasteiger partial charge in [-0.1, -0.05) is 6.07 Å². The first-order valence-electron chi connectivity index (χ1n) is 6.60. The van der Waals surface area contributed by atoms with E-state index in [2.05, 4.69) is 19.2 Å². The molecule has 0 aliphatic rings. The van der Waals surface area contributed by atoms with Crippen molar-refractivity contribution in [3.63, 3.8) is 0 Å². The van der Waals surface area contributed by atoms with Crippen molar-refractivity contribution >= 4 is 29.7 Å². The van der Waals surface area contributed by atoms with E-state index >= 15 is 0 Å². The van der Waals surface area contributed by atoms with Crippen LogP contribution >= 0.6 is 11.8 Å². The second-order valence-electron chi connectivity index (χ2n) is 5.39. The van der Waals surface area contributed by atoms with Crippen LogP contribution in [0.2, 0.25) is 0 Å². The van der Waals surface area contributed by atoms with E-state index in [1.807, 2.05) is 19.2 Å². The van der Waals surface area contributed by atoms with E-state index in [9.17, 15) is 9.59 Å². The van der Waals surface area contributed by atoms with Crippen molar-refractivity contribution in [2.75, 3.05) is 12.8 Å². The van der Waals surface area contributed by atoms with Crippen molar-refractivity contribution in [2.45, 2.75) is 25.5 Å². The summed E-state index contributed by atoms with van der Waals surface area (Å²) in [6, 6.07) is 5.27. The quantitative estimate of drug-likeness (QED) is 0.793. The highest BCUT2D eigenvalue weighted by Gasteiger charge is 2.17. The molecule has 1 amide bonds. The fourth-order valence-electron chi connectivity index (χ4n) is 1.59. The molecule has 1 rings (SSSR count). The molecular formula is C16H21NO3S. The molecule has 0 unspecified atom stereocenters. The largest absolute Gasteiger partial charge is 0.478 e. The number of carboxylic acids is 1. The predicted octanol–water partition coefficient (Wildman–Crippen LogP) is 2.96. The van der Waals surface area contributed by atoms with Gasteiger partial charge in [0.15, 0.2) is 0 Å². The number of nitrogens with one attached hydrogen (secondary N) is 1. The zero-order valence-corrected chi connectivity index (χ0v) is 13.6. The summed E-state index contributed by atoms with van der Waals surface area (Å²) in [6.07, 6.45) is 4.58. The van der Waals surface area contributed by atoms with Gasteiger partial charge in [0.05, 0.1) is 0 Å². The smallest absolute Gasteiger partial charge is 0.328 e. The van der Waals surface area contributed by atoms with Gasteiger partial charge in [-0.05, 0) is 56.4 Å². The maximum atomic E-state index is 12.1. The molecule has 0 radical (unpaired) electrons. The van der Waals surface area contributed by atoms with Crippen LogP contribution in [-0.2, 0) is 4.79 Å². The first-order valence-corrected chi connectivity index (χ1v) is 7.82. The number of aliphatic carboxylic acids is 1. The number of aryl methyl sites for hydroxylation is 1. The molecule has 0 spiro atoms. The summed E-state index contributed by atoms with van der Waals surface area (Å²) in [5.74, 6) is -1.16. The molecule has 0 saturated carbocycles. The number of amides is 1. The first kappa shape index (κ1) is 17.3. The van der Waals surface area contributed by atoms with Crippen LogP contribution in [0.4, 0.5) is 0 Å². The van der Waals surface area contributed by atoms with Crippen LogP contribution in [0, 0.1) is 6.92 Å². The van der Waals surface area contributed by atoms with Crippen LogP contribution in [-0.4, -0.2) is 34.5 Å². The lowest BCUT2D eigenvalue weighted by atomic mass is 10.0. The number of carbonyl (C=O) groups is 2. The van der Waals surface area contributed by atoms with E-state index in [4.69, 9.17) is 5.11 Å². The van der Waals surface area contributed by atoms with Gasteiger partial charge in [-0.15, -0.1) is 0 Å². The number of rotatable bonds is 6. The Bertz CT molecular complexity index is 565. The Kier molecular flexibility index (Phi) is 6.03. The molecule has 0 atom stereocenters. The Hall–Kier alpha value is -1.75. The Morgan fingerprint density at radius 1 is 1.38 bits per heavy atom. The molecule has 0 aliphatic carbocycles. The van der Waals surface area contributed by atoms with Gasteiger partial charge in [-0.25, -0.2) is 4.79 Å². The fraction of sp³-hybridized carbons (Fsp3) is 0.375. The monoisotopic (exact) mass is 307 g/mol. The van der Waals surface area contributed by atoms with Crippen LogP contribution in [0.3, 0.4) is 0 Å². The second-order valence-corrected chi connectivity index (χ2v) is 6.90. The van der Waals surface area contributed by atoms with Gasteiger partial charge in [0, 0.05) is 22.9 Å². The normalized spacial score (nSPS) is 11.6. The molecule has 0 aromatic heterocycles. The third-order valence-corrected chi connectivity index (χ3v) is 4.42. The summed E-state index contributed by atoms with van der Waals surface area (Å²) in [7, 11) is 0. The van der Waals surface area contributed by atoms with Crippen LogP contribution < -0.4 is 5.32 Å². The lowest BCUT2D eigenvalue weighted by Crippen LogP contribution is -2.36. The Morgan fingerprint density at radius 2 is 2.05 bits per heavy atom. The van der Waals surface area contributed by atoms with E-state index in [0.717, 1.165) is 17.2 Å². The maximum Gasteiger partial charge on any atom is 0.328 e. The predicted molar refractivity (Wildman–Crippen MR) is 87.8 cm³/mol. The summed E-state index contributed by atoms with van der Waals surface area (Å²) in [4.78, 5) is 22.7. The highest BCUT2D eigenvalue weighted by atomic mass is 32.2. The van der Waals surface area contributed by atoms with E-state index in [0.29, 0.717) is 12.1 Å². The van der Waals surface area contributed by atoms with E-state index < -0.39 is 5.97 Å². The van der Waals surface area contributed by atoms with Crippen LogP contribution in [0.15, 0.2) is 24.3 Å². The van der Waals surface area contributed by atoms with E-state index in [1.165, 1.54) is 6.08 Å². The third kappa shape index (κ3) is 5.63. The Balaban J connectivity index is 2.86. The zero-order chi connectivity index (χ0) is 16.0. The summed E-state index contributed by atoms with van der Waals surface area (Å²) in [5, 5.41) is 11.6. The minimum atomic E-state index is -1.01. The molecule has 1 aromatic rings. The van der Waals surface area contributed by atoms with Crippen molar-refractivity contribution in [2.24, 2.45) is 0 Å². The number of benzene rings is 1. The molecule has 5 heteroatoms. The van der Waals surface area contributed by atoms with Gasteiger partial charge in [-0.3, -0.25) is 4.79 Å². The van der Waals surface area contributed by atoms with E-state index in [1.54, 1.807) is 23.9 Å². The molecule has 0 aliphatic heterocycles. The third-order valence-electron chi connectivity index (χ3n) is 3.17. The van der Waals surface area contributed by atoms with Gasteiger partial charge in [0.2, 0.25) is 0 Å². The number of carboxylic acid groups (broad SMARTS) is 1. The Labute approximate surface area is 129 Å². The number of hydrogen-bond acceptors (Lipinski definition) is 3. The average molecular weight is 307 g/mol. The van der Waals surface area contributed by atoms with Crippen molar-refractivity contribution in [3.8, 4) is 0 Å². The molecule has 0 bridgehead atoms. The molecule has 0 fully saturated rings. The standard InChI is InChI=1S/C16H21NO3S/c1-11-5-6-13(9-12(11)7-8-14(18)19)15(20)17-10-16(2,3)21-4/h5-9H,10H2,1-4H3,(H,17,20)(H,18,19)/b8-7+. The lowest BCUT2D eigenvalue weighted by molar-refractivity contribution is -0.131. The fourth-order valence-corrected chi connectivity index (χ4v) is 1.81. The van der Waals surface area contributed by atoms with Gasteiger partial charge in [0.25, 0.3) is 5.91 Å². The number of thioether (sulfide) groups is 1. The van der Waals surface area contributed by atoms with Crippen molar-refractivity contribution in [1.29, 1.82) is 0 Å². The first-order chi connectivity index (χ1) is 9.75. The lowest BCUT2D eigenvalue weighted by Gasteiger charge is -2.22. The topological polar surface area (TPSA) is 66.4 Å². The second kappa shape index (κ2) is 7.31. The maximum absolute atomic E-state index is 12.1. The molecule has 1 aromatic carbocycles. The molecule has 4 nitrogen and oxygen atoms in total. The van der Waals surface area contributed by atoms with Gasteiger partial charge in [-0.2, -0.15) is 11.8 Å². The van der Waals surface area contributed by atoms with Crippen LogP contribution in [0.1, 0.15) is 35.3 Å². The van der Waals surface area contributed by atoms with Crippen molar-refractivity contribution in [3.05, 3.63) is 41.0 Å². The van der Waals surface area contributed by atoms with Crippen molar-refractivity contribution in [1.82, 2.24) is 5.32 Å². The molecule has 21 heavy (non-hydrogen) atoms. The summed E-state index contributed by atoms with van der Waals surface area (Å²) >= 11 is 1.69. The Morgan fingerprint density at radius 3 is 2.62 bits per heavy atom. The van der Waals surface area contributed by atoms with Crippen LogP contribution in [0.5, 0.6) is 0 Å². The molecular weight excluding hydrogens is 286 g/mol. The van der Waals surface area contributed by atoms with Crippen molar-refractivity contribution < 1.29 is 14.7 Å². The molecule has 0 heterocycles. The van der Waals surface area contributed by atoms with Gasteiger partial charge >= 0.3 is 5.97 Å². The summed E-state index contributed by atoms with van der Waals surface area (Å²) in [6.45, 7) is 6.57. The highest BCUT2D eigenvalue weighted by molar-refractivity contribution is 7.99. The number of carbonyl (C=O) groups excluding carboxylic acids is 1.